The van der Waals surface area contributed by atoms with Crippen LogP contribution in [-0.4, -0.2) is 28.8 Å². The first-order valence-electron chi connectivity index (χ1n) is 6.23. The number of rotatable bonds is 9. The third-order valence-corrected chi connectivity index (χ3v) is 4.52. The summed E-state index contributed by atoms with van der Waals surface area (Å²) in [6.45, 7) is 1.98. The van der Waals surface area contributed by atoms with Crippen LogP contribution in [0.5, 0.6) is 0 Å². The molecule has 1 rings (SSSR count). The maximum atomic E-state index is 11.7. The van der Waals surface area contributed by atoms with Crippen LogP contribution in [0.25, 0.3) is 0 Å². The lowest BCUT2D eigenvalue weighted by Crippen LogP contribution is -2.37. The zero-order chi connectivity index (χ0) is 14.1. The Morgan fingerprint density at radius 3 is 2.89 bits per heavy atom. The van der Waals surface area contributed by atoms with Crippen LogP contribution in [-0.2, 0) is 15.3 Å². The Balaban J connectivity index is 2.25. The fourth-order valence-corrected chi connectivity index (χ4v) is 3.37. The normalized spacial score (nSPS) is 12.1. The van der Waals surface area contributed by atoms with E-state index in [1.165, 1.54) is 4.88 Å². The molecule has 0 bridgehead atoms. The molecule has 0 saturated heterocycles. The van der Waals surface area contributed by atoms with Crippen molar-refractivity contribution in [2.24, 2.45) is 0 Å². The number of amides is 1. The Morgan fingerprint density at radius 1 is 1.53 bits per heavy atom. The summed E-state index contributed by atoms with van der Waals surface area (Å²) in [6, 6.07) is 3.78. The van der Waals surface area contributed by atoms with E-state index in [-0.39, 0.29) is 18.4 Å². The average molecular weight is 301 g/mol. The summed E-state index contributed by atoms with van der Waals surface area (Å²) in [4.78, 5) is 23.6. The molecule has 0 aromatic carbocycles. The molecule has 2 N–H and O–H groups in total. The van der Waals surface area contributed by atoms with Crippen LogP contribution >= 0.6 is 23.1 Å². The number of hydrogen-bond donors (Lipinski definition) is 2. The first-order valence-corrected chi connectivity index (χ1v) is 8.26. The van der Waals surface area contributed by atoms with E-state index in [0.29, 0.717) is 12.2 Å². The second kappa shape index (κ2) is 8.98. The van der Waals surface area contributed by atoms with Gasteiger partial charge in [0.25, 0.3) is 0 Å². The molecule has 1 amide bonds. The van der Waals surface area contributed by atoms with E-state index in [1.54, 1.807) is 23.1 Å². The molecule has 0 radical (unpaired) electrons. The maximum absolute atomic E-state index is 11.7. The van der Waals surface area contributed by atoms with E-state index in [1.807, 2.05) is 24.4 Å². The summed E-state index contributed by atoms with van der Waals surface area (Å²) in [5.74, 6) is 0.242. The number of thioether (sulfide) groups is 1. The third-order valence-electron chi connectivity index (χ3n) is 2.48. The SMILES string of the molecule is CCCC(CC(=O)O)NC(=O)CSCc1cccs1. The van der Waals surface area contributed by atoms with Crippen LogP contribution in [0.3, 0.4) is 0 Å². The zero-order valence-electron chi connectivity index (χ0n) is 10.9. The molecular weight excluding hydrogens is 282 g/mol. The monoisotopic (exact) mass is 301 g/mol. The topological polar surface area (TPSA) is 66.4 Å². The second-order valence-electron chi connectivity index (χ2n) is 4.22. The van der Waals surface area contributed by atoms with Crippen molar-refractivity contribution in [3.8, 4) is 0 Å². The van der Waals surface area contributed by atoms with E-state index in [4.69, 9.17) is 5.11 Å². The molecule has 1 atom stereocenters. The van der Waals surface area contributed by atoms with Gasteiger partial charge in [0.2, 0.25) is 5.91 Å². The predicted molar refractivity (Wildman–Crippen MR) is 79.6 cm³/mol. The molecule has 106 valence electrons. The highest BCUT2D eigenvalue weighted by molar-refractivity contribution is 7.99. The quantitative estimate of drug-likeness (QED) is 0.736. The molecular formula is C13H19NO3S2. The molecule has 1 aromatic rings. The van der Waals surface area contributed by atoms with Crippen molar-refractivity contribution in [1.29, 1.82) is 0 Å². The molecule has 6 heteroatoms. The average Bonchev–Trinajstić information content (AvgIpc) is 2.81. The van der Waals surface area contributed by atoms with Gasteiger partial charge in [-0.25, -0.2) is 0 Å². The van der Waals surface area contributed by atoms with Gasteiger partial charge < -0.3 is 10.4 Å². The number of nitrogens with one attached hydrogen (secondary N) is 1. The van der Waals surface area contributed by atoms with Crippen LogP contribution in [0, 0.1) is 0 Å². The largest absolute Gasteiger partial charge is 0.481 e. The van der Waals surface area contributed by atoms with Crippen molar-refractivity contribution >= 4 is 35.0 Å². The minimum atomic E-state index is -0.870. The molecule has 0 fully saturated rings. The van der Waals surface area contributed by atoms with Gasteiger partial charge in [0.1, 0.15) is 0 Å². The molecule has 1 unspecified atom stereocenters. The van der Waals surface area contributed by atoms with E-state index in [2.05, 4.69) is 5.32 Å². The molecule has 0 aliphatic heterocycles. The summed E-state index contributed by atoms with van der Waals surface area (Å²) < 4.78 is 0. The molecule has 0 spiro atoms. The van der Waals surface area contributed by atoms with Gasteiger partial charge in [-0.15, -0.1) is 23.1 Å². The highest BCUT2D eigenvalue weighted by Gasteiger charge is 2.14. The molecule has 0 saturated carbocycles. The van der Waals surface area contributed by atoms with Crippen molar-refractivity contribution in [2.45, 2.75) is 38.0 Å². The molecule has 4 nitrogen and oxygen atoms in total. The van der Waals surface area contributed by atoms with Crippen molar-refractivity contribution < 1.29 is 14.7 Å². The fraction of sp³-hybridized carbons (Fsp3) is 0.538. The Hall–Kier alpha value is -1.01. The summed E-state index contributed by atoms with van der Waals surface area (Å²) in [5, 5.41) is 13.6. The first-order chi connectivity index (χ1) is 9.11. The summed E-state index contributed by atoms with van der Waals surface area (Å²) >= 11 is 3.22. The van der Waals surface area contributed by atoms with Crippen molar-refractivity contribution in [2.75, 3.05) is 5.75 Å². The van der Waals surface area contributed by atoms with Gasteiger partial charge in [0, 0.05) is 16.7 Å². The highest BCUT2D eigenvalue weighted by Crippen LogP contribution is 2.16. The van der Waals surface area contributed by atoms with Gasteiger partial charge in [0.15, 0.2) is 0 Å². The van der Waals surface area contributed by atoms with E-state index in [9.17, 15) is 9.59 Å². The smallest absolute Gasteiger partial charge is 0.305 e. The van der Waals surface area contributed by atoms with Crippen molar-refractivity contribution in [1.82, 2.24) is 5.32 Å². The Kier molecular flexibility index (Phi) is 7.59. The Morgan fingerprint density at radius 2 is 2.32 bits per heavy atom. The summed E-state index contributed by atoms with van der Waals surface area (Å²) in [6.07, 6.45) is 1.56. The lowest BCUT2D eigenvalue weighted by atomic mass is 10.1. The van der Waals surface area contributed by atoms with Gasteiger partial charge in [0.05, 0.1) is 12.2 Å². The zero-order valence-corrected chi connectivity index (χ0v) is 12.6. The van der Waals surface area contributed by atoms with E-state index >= 15 is 0 Å². The number of carboxylic acids is 1. The van der Waals surface area contributed by atoms with Gasteiger partial charge in [-0.2, -0.15) is 0 Å². The standard InChI is InChI=1S/C13H19NO3S2/c1-2-4-10(7-13(16)17)14-12(15)9-18-8-11-5-3-6-19-11/h3,5-6,10H,2,4,7-9H2,1H3,(H,14,15)(H,16,17). The van der Waals surface area contributed by atoms with Crippen LogP contribution in [0.4, 0.5) is 0 Å². The minimum Gasteiger partial charge on any atom is -0.481 e. The van der Waals surface area contributed by atoms with Crippen molar-refractivity contribution in [3.63, 3.8) is 0 Å². The first kappa shape index (κ1) is 16.0. The van der Waals surface area contributed by atoms with Gasteiger partial charge in [-0.05, 0) is 17.9 Å². The number of carbonyl (C=O) groups excluding carboxylic acids is 1. The molecule has 0 aliphatic rings. The Bertz CT molecular complexity index is 393. The molecule has 1 heterocycles. The van der Waals surface area contributed by atoms with Crippen LogP contribution < -0.4 is 5.32 Å². The maximum Gasteiger partial charge on any atom is 0.305 e. The number of carbonyl (C=O) groups is 2. The van der Waals surface area contributed by atoms with Crippen LogP contribution in [0.15, 0.2) is 17.5 Å². The van der Waals surface area contributed by atoms with Crippen LogP contribution in [0.1, 0.15) is 31.1 Å². The molecule has 0 aliphatic carbocycles. The number of hydrogen-bond acceptors (Lipinski definition) is 4. The van der Waals surface area contributed by atoms with Gasteiger partial charge in [-0.3, -0.25) is 9.59 Å². The number of thiophene rings is 1. The van der Waals surface area contributed by atoms with Crippen molar-refractivity contribution in [3.05, 3.63) is 22.4 Å². The van der Waals surface area contributed by atoms with Gasteiger partial charge in [-0.1, -0.05) is 19.4 Å². The minimum absolute atomic E-state index is 0.00479. The van der Waals surface area contributed by atoms with E-state index < -0.39 is 5.97 Å². The molecule has 19 heavy (non-hydrogen) atoms. The summed E-state index contributed by atoms with van der Waals surface area (Å²) in [5.41, 5.74) is 0. The second-order valence-corrected chi connectivity index (χ2v) is 6.24. The lowest BCUT2D eigenvalue weighted by Gasteiger charge is -2.15. The molecule has 1 aromatic heterocycles. The lowest BCUT2D eigenvalue weighted by molar-refractivity contribution is -0.137. The van der Waals surface area contributed by atoms with Gasteiger partial charge >= 0.3 is 5.97 Å². The highest BCUT2D eigenvalue weighted by atomic mass is 32.2. The predicted octanol–water partition coefficient (Wildman–Crippen LogP) is 2.74. The van der Waals surface area contributed by atoms with E-state index in [0.717, 1.165) is 12.2 Å². The fourth-order valence-electron chi connectivity index (χ4n) is 1.69. The number of aliphatic carboxylic acids is 1. The van der Waals surface area contributed by atoms with Crippen LogP contribution in [0.2, 0.25) is 0 Å². The summed E-state index contributed by atoms with van der Waals surface area (Å²) in [7, 11) is 0. The Labute approximate surface area is 121 Å². The third kappa shape index (κ3) is 7.22. The number of carboxylic acid groups (broad SMARTS) is 1.